The Bertz CT molecular complexity index is 951. The van der Waals surface area contributed by atoms with Gasteiger partial charge < -0.3 is 18.4 Å². The number of methoxy groups -OCH3 is 2. The predicted molar refractivity (Wildman–Crippen MR) is 87.0 cm³/mol. The average molecular weight is 322 g/mol. The molecule has 0 saturated carbocycles. The lowest BCUT2D eigenvalue weighted by Crippen LogP contribution is -1.94. The molecule has 0 spiro atoms. The summed E-state index contributed by atoms with van der Waals surface area (Å²) in [6, 6.07) is 11.2. The standard InChI is InChI=1S/C17H14N4O3/c1-22-12-6-5-7-13(23-2)15(12)16-19-17(24-20-16)11-10-21-9-4-3-8-14(21)18-11/h3-10H,1-2H3. The third-order valence-electron chi connectivity index (χ3n) is 3.66. The zero-order valence-corrected chi connectivity index (χ0v) is 13.1. The van der Waals surface area contributed by atoms with E-state index in [-0.39, 0.29) is 0 Å². The van der Waals surface area contributed by atoms with Gasteiger partial charge in [0.1, 0.15) is 28.4 Å². The van der Waals surface area contributed by atoms with Crippen molar-refractivity contribution in [1.29, 1.82) is 0 Å². The summed E-state index contributed by atoms with van der Waals surface area (Å²) in [5.74, 6) is 1.94. The van der Waals surface area contributed by atoms with Crippen LogP contribution in [-0.4, -0.2) is 33.7 Å². The van der Waals surface area contributed by atoms with Crippen LogP contribution in [0, 0.1) is 0 Å². The molecule has 0 saturated heterocycles. The van der Waals surface area contributed by atoms with E-state index in [1.807, 2.05) is 53.2 Å². The summed E-state index contributed by atoms with van der Waals surface area (Å²) in [5, 5.41) is 4.05. The molecule has 4 rings (SSSR count). The number of pyridine rings is 1. The van der Waals surface area contributed by atoms with Crippen molar-refractivity contribution >= 4 is 5.65 Å². The van der Waals surface area contributed by atoms with E-state index in [1.54, 1.807) is 14.2 Å². The maximum absolute atomic E-state index is 5.39. The van der Waals surface area contributed by atoms with E-state index >= 15 is 0 Å². The first-order valence-corrected chi connectivity index (χ1v) is 7.29. The highest BCUT2D eigenvalue weighted by Gasteiger charge is 2.20. The van der Waals surface area contributed by atoms with Gasteiger partial charge in [0.15, 0.2) is 0 Å². The van der Waals surface area contributed by atoms with E-state index in [4.69, 9.17) is 14.0 Å². The lowest BCUT2D eigenvalue weighted by atomic mass is 10.1. The van der Waals surface area contributed by atoms with Gasteiger partial charge in [0.05, 0.1) is 14.2 Å². The number of benzene rings is 1. The van der Waals surface area contributed by atoms with Gasteiger partial charge >= 0.3 is 0 Å². The lowest BCUT2D eigenvalue weighted by molar-refractivity contribution is 0.394. The maximum Gasteiger partial charge on any atom is 0.278 e. The third-order valence-corrected chi connectivity index (χ3v) is 3.66. The Balaban J connectivity index is 1.81. The second-order valence-electron chi connectivity index (χ2n) is 5.05. The summed E-state index contributed by atoms with van der Waals surface area (Å²) in [4.78, 5) is 8.93. The van der Waals surface area contributed by atoms with Crippen LogP contribution in [0.3, 0.4) is 0 Å². The molecule has 3 aromatic heterocycles. The van der Waals surface area contributed by atoms with Crippen molar-refractivity contribution in [3.63, 3.8) is 0 Å². The van der Waals surface area contributed by atoms with E-state index < -0.39 is 0 Å². The van der Waals surface area contributed by atoms with Crippen molar-refractivity contribution in [1.82, 2.24) is 19.5 Å². The molecule has 1 aromatic carbocycles. The van der Waals surface area contributed by atoms with Crippen molar-refractivity contribution in [3.8, 4) is 34.5 Å². The molecule has 7 heteroatoms. The van der Waals surface area contributed by atoms with Crippen molar-refractivity contribution in [3.05, 3.63) is 48.8 Å². The second-order valence-corrected chi connectivity index (χ2v) is 5.05. The van der Waals surface area contributed by atoms with Gasteiger partial charge in [-0.05, 0) is 24.3 Å². The molecule has 3 heterocycles. The van der Waals surface area contributed by atoms with Gasteiger partial charge in [-0.25, -0.2) is 4.98 Å². The molecule has 24 heavy (non-hydrogen) atoms. The molecule has 0 unspecified atom stereocenters. The number of nitrogens with zero attached hydrogens (tertiary/aromatic N) is 4. The van der Waals surface area contributed by atoms with Gasteiger partial charge in [-0.3, -0.25) is 0 Å². The number of aromatic nitrogens is 4. The number of rotatable bonds is 4. The third kappa shape index (κ3) is 2.26. The molecular formula is C17H14N4O3. The first-order chi connectivity index (χ1) is 11.8. The Morgan fingerprint density at radius 2 is 1.75 bits per heavy atom. The highest BCUT2D eigenvalue weighted by molar-refractivity contribution is 5.72. The SMILES string of the molecule is COc1cccc(OC)c1-c1noc(-c2cn3ccccc3n2)n1. The van der Waals surface area contributed by atoms with Crippen LogP contribution in [0.25, 0.3) is 28.6 Å². The summed E-state index contributed by atoms with van der Waals surface area (Å²) in [5.41, 5.74) is 2.05. The monoisotopic (exact) mass is 322 g/mol. The molecule has 0 bridgehead atoms. The highest BCUT2D eigenvalue weighted by atomic mass is 16.5. The van der Waals surface area contributed by atoms with Crippen LogP contribution in [0.1, 0.15) is 0 Å². The number of hydrogen-bond donors (Lipinski definition) is 0. The van der Waals surface area contributed by atoms with Gasteiger partial charge in [-0.1, -0.05) is 17.3 Å². The molecule has 0 atom stereocenters. The first-order valence-electron chi connectivity index (χ1n) is 7.29. The molecule has 0 radical (unpaired) electrons. The fourth-order valence-electron chi connectivity index (χ4n) is 2.54. The van der Waals surface area contributed by atoms with Crippen molar-refractivity contribution in [2.24, 2.45) is 0 Å². The molecule has 0 N–H and O–H groups in total. The van der Waals surface area contributed by atoms with Crippen LogP contribution in [0.2, 0.25) is 0 Å². The zero-order valence-electron chi connectivity index (χ0n) is 13.1. The Morgan fingerprint density at radius 1 is 0.958 bits per heavy atom. The summed E-state index contributed by atoms with van der Waals surface area (Å²) in [6.07, 6.45) is 3.75. The van der Waals surface area contributed by atoms with E-state index in [0.717, 1.165) is 5.65 Å². The Morgan fingerprint density at radius 3 is 2.46 bits per heavy atom. The molecule has 0 fully saturated rings. The minimum absolute atomic E-state index is 0.335. The summed E-state index contributed by atoms with van der Waals surface area (Å²) in [6.45, 7) is 0. The van der Waals surface area contributed by atoms with Crippen LogP contribution < -0.4 is 9.47 Å². The first kappa shape index (κ1) is 14.3. The smallest absolute Gasteiger partial charge is 0.278 e. The van der Waals surface area contributed by atoms with Crippen molar-refractivity contribution in [2.45, 2.75) is 0 Å². The highest BCUT2D eigenvalue weighted by Crippen LogP contribution is 2.37. The Hall–Kier alpha value is -3.35. The molecule has 120 valence electrons. The summed E-state index contributed by atoms with van der Waals surface area (Å²) >= 11 is 0. The van der Waals surface area contributed by atoms with Gasteiger partial charge in [0.25, 0.3) is 5.89 Å². The lowest BCUT2D eigenvalue weighted by Gasteiger charge is -2.09. The largest absolute Gasteiger partial charge is 0.496 e. The van der Waals surface area contributed by atoms with Crippen molar-refractivity contribution < 1.29 is 14.0 Å². The molecule has 0 aliphatic heterocycles. The van der Waals surface area contributed by atoms with E-state index in [1.165, 1.54) is 0 Å². The fourth-order valence-corrected chi connectivity index (χ4v) is 2.54. The normalized spacial score (nSPS) is 10.9. The topological polar surface area (TPSA) is 74.7 Å². The van der Waals surface area contributed by atoms with Crippen LogP contribution in [0.4, 0.5) is 0 Å². The van der Waals surface area contributed by atoms with Crippen LogP contribution in [-0.2, 0) is 0 Å². The molecule has 0 amide bonds. The summed E-state index contributed by atoms with van der Waals surface area (Å²) in [7, 11) is 3.17. The molecule has 7 nitrogen and oxygen atoms in total. The van der Waals surface area contributed by atoms with Gasteiger partial charge in [0, 0.05) is 12.4 Å². The maximum atomic E-state index is 5.39. The number of imidazole rings is 1. The average Bonchev–Trinajstić information content (AvgIpc) is 3.27. The summed E-state index contributed by atoms with van der Waals surface area (Å²) < 4.78 is 18.0. The molecule has 0 aliphatic rings. The quantitative estimate of drug-likeness (QED) is 0.575. The van der Waals surface area contributed by atoms with Crippen LogP contribution in [0.15, 0.2) is 53.3 Å². The van der Waals surface area contributed by atoms with Gasteiger partial charge in [-0.15, -0.1) is 0 Å². The predicted octanol–water partition coefficient (Wildman–Crippen LogP) is 3.07. The van der Waals surface area contributed by atoms with E-state index in [0.29, 0.717) is 34.5 Å². The second kappa shape index (κ2) is 5.69. The molecule has 4 aromatic rings. The minimum atomic E-state index is 0.335. The molecular weight excluding hydrogens is 308 g/mol. The number of ether oxygens (including phenoxy) is 2. The fraction of sp³-hybridized carbons (Fsp3) is 0.118. The van der Waals surface area contributed by atoms with E-state index in [9.17, 15) is 0 Å². The zero-order chi connectivity index (χ0) is 16.5. The number of hydrogen-bond acceptors (Lipinski definition) is 6. The molecule has 0 aliphatic carbocycles. The van der Waals surface area contributed by atoms with Gasteiger partial charge in [-0.2, -0.15) is 4.98 Å². The van der Waals surface area contributed by atoms with Crippen LogP contribution in [0.5, 0.6) is 11.5 Å². The Kier molecular flexibility index (Phi) is 3.38. The van der Waals surface area contributed by atoms with E-state index in [2.05, 4.69) is 15.1 Å². The Labute approximate surface area is 137 Å². The van der Waals surface area contributed by atoms with Crippen molar-refractivity contribution in [2.75, 3.05) is 14.2 Å². The number of fused-ring (bicyclic) bond motifs is 1. The van der Waals surface area contributed by atoms with Gasteiger partial charge in [0.2, 0.25) is 5.82 Å². The van der Waals surface area contributed by atoms with Crippen LogP contribution >= 0.6 is 0 Å². The minimum Gasteiger partial charge on any atom is -0.496 e.